The molecular weight excluding hydrogens is 238 g/mol. The van der Waals surface area contributed by atoms with Crippen LogP contribution in [0.5, 0.6) is 5.75 Å². The highest BCUT2D eigenvalue weighted by Crippen LogP contribution is 2.32. The molecule has 2 rings (SSSR count). The summed E-state index contributed by atoms with van der Waals surface area (Å²) in [4.78, 5) is 4.14. The first kappa shape index (κ1) is 17.7. The smallest absolute Gasteiger partial charge is 0.127 e. The van der Waals surface area contributed by atoms with Gasteiger partial charge in [0.15, 0.2) is 0 Å². The fourth-order valence-electron chi connectivity index (χ4n) is 2.08. The molecule has 2 heterocycles. The molecule has 1 aliphatic heterocycles. The second-order valence-electron chi connectivity index (χ2n) is 3.88. The van der Waals surface area contributed by atoms with Gasteiger partial charge in [-0.05, 0) is 31.8 Å². The molecule has 0 aliphatic carbocycles. The third kappa shape index (κ3) is 5.47. The SMILES string of the molecule is CC.CC.COc1cc(N)ncc1C1CCNCC1. The normalized spacial score (nSPS) is 14.6. The Bertz CT molecular complexity index is 336. The quantitative estimate of drug-likeness (QED) is 0.864. The molecule has 0 aromatic carbocycles. The number of rotatable bonds is 2. The molecule has 1 fully saturated rings. The summed E-state index contributed by atoms with van der Waals surface area (Å²) < 4.78 is 5.34. The first-order chi connectivity index (χ1) is 9.31. The van der Waals surface area contributed by atoms with Gasteiger partial charge in [0, 0.05) is 17.8 Å². The lowest BCUT2D eigenvalue weighted by Gasteiger charge is -2.24. The van der Waals surface area contributed by atoms with E-state index in [9.17, 15) is 0 Å². The van der Waals surface area contributed by atoms with Crippen LogP contribution in [-0.2, 0) is 0 Å². The molecule has 19 heavy (non-hydrogen) atoms. The Kier molecular flexibility index (Phi) is 9.90. The average Bonchev–Trinajstić information content (AvgIpc) is 2.52. The van der Waals surface area contributed by atoms with E-state index in [1.165, 1.54) is 5.56 Å². The van der Waals surface area contributed by atoms with Crippen LogP contribution in [0.15, 0.2) is 12.3 Å². The number of nitrogens with one attached hydrogen (secondary N) is 1. The molecule has 1 saturated heterocycles. The molecule has 4 nitrogen and oxygen atoms in total. The van der Waals surface area contributed by atoms with Crippen molar-refractivity contribution in [2.75, 3.05) is 25.9 Å². The van der Waals surface area contributed by atoms with Gasteiger partial charge in [0.05, 0.1) is 7.11 Å². The van der Waals surface area contributed by atoms with E-state index in [0.717, 1.165) is 31.7 Å². The lowest BCUT2D eigenvalue weighted by Crippen LogP contribution is -2.26. The first-order valence-electron chi connectivity index (χ1n) is 7.31. The number of nitrogens with zero attached hydrogens (tertiary/aromatic N) is 1. The summed E-state index contributed by atoms with van der Waals surface area (Å²) in [6, 6.07) is 1.80. The molecule has 0 radical (unpaired) electrons. The van der Waals surface area contributed by atoms with E-state index >= 15 is 0 Å². The van der Waals surface area contributed by atoms with Gasteiger partial charge in [-0.25, -0.2) is 4.98 Å². The van der Waals surface area contributed by atoms with Crippen molar-refractivity contribution < 1.29 is 4.74 Å². The zero-order valence-electron chi connectivity index (χ0n) is 13.0. The first-order valence-corrected chi connectivity index (χ1v) is 7.31. The maximum atomic E-state index is 5.63. The van der Waals surface area contributed by atoms with Crippen molar-refractivity contribution >= 4 is 5.82 Å². The number of hydrogen-bond acceptors (Lipinski definition) is 4. The van der Waals surface area contributed by atoms with Crippen LogP contribution in [0.1, 0.15) is 52.0 Å². The van der Waals surface area contributed by atoms with Crippen molar-refractivity contribution in [1.29, 1.82) is 0 Å². The second kappa shape index (κ2) is 10.6. The lowest BCUT2D eigenvalue weighted by atomic mass is 9.91. The highest BCUT2D eigenvalue weighted by Gasteiger charge is 2.19. The molecular formula is C15H29N3O. The number of nitrogen functional groups attached to an aromatic ring is 1. The second-order valence-corrected chi connectivity index (χ2v) is 3.88. The third-order valence-corrected chi connectivity index (χ3v) is 2.92. The standard InChI is InChI=1S/C11H17N3O.2C2H6/c1-15-10-6-11(12)14-7-9(10)8-2-4-13-5-3-8;2*1-2/h6-8,13H,2-5H2,1H3,(H2,12,14);2*1-2H3. The summed E-state index contributed by atoms with van der Waals surface area (Å²) >= 11 is 0. The number of piperidine rings is 1. The number of hydrogen-bond donors (Lipinski definition) is 2. The largest absolute Gasteiger partial charge is 0.496 e. The van der Waals surface area contributed by atoms with E-state index in [1.807, 2.05) is 33.9 Å². The van der Waals surface area contributed by atoms with Crippen molar-refractivity contribution in [3.05, 3.63) is 17.8 Å². The molecule has 110 valence electrons. The van der Waals surface area contributed by atoms with Crippen LogP contribution < -0.4 is 15.8 Å². The Morgan fingerprint density at radius 2 is 1.79 bits per heavy atom. The zero-order valence-corrected chi connectivity index (χ0v) is 13.0. The van der Waals surface area contributed by atoms with Crippen LogP contribution in [0.2, 0.25) is 0 Å². The van der Waals surface area contributed by atoms with E-state index < -0.39 is 0 Å². The minimum absolute atomic E-state index is 0.518. The van der Waals surface area contributed by atoms with Crippen LogP contribution >= 0.6 is 0 Å². The van der Waals surface area contributed by atoms with Crippen LogP contribution in [0.25, 0.3) is 0 Å². The Hall–Kier alpha value is -1.29. The number of aromatic nitrogens is 1. The van der Waals surface area contributed by atoms with E-state index in [0.29, 0.717) is 11.7 Å². The Morgan fingerprint density at radius 1 is 1.21 bits per heavy atom. The fraction of sp³-hybridized carbons (Fsp3) is 0.667. The van der Waals surface area contributed by atoms with Gasteiger partial charge in [0.1, 0.15) is 11.6 Å². The molecule has 0 atom stereocenters. The van der Waals surface area contributed by atoms with Gasteiger partial charge >= 0.3 is 0 Å². The van der Waals surface area contributed by atoms with Crippen molar-refractivity contribution in [2.45, 2.75) is 46.5 Å². The maximum Gasteiger partial charge on any atom is 0.127 e. The summed E-state index contributed by atoms with van der Waals surface area (Å²) in [7, 11) is 1.68. The fourth-order valence-corrected chi connectivity index (χ4v) is 2.08. The van der Waals surface area contributed by atoms with Gasteiger partial charge in [-0.3, -0.25) is 0 Å². The van der Waals surface area contributed by atoms with Gasteiger partial charge in [-0.15, -0.1) is 0 Å². The highest BCUT2D eigenvalue weighted by atomic mass is 16.5. The summed E-state index contributed by atoms with van der Waals surface area (Å²) in [5, 5.41) is 3.35. The van der Waals surface area contributed by atoms with E-state index in [4.69, 9.17) is 10.5 Å². The van der Waals surface area contributed by atoms with Gasteiger partial charge in [-0.2, -0.15) is 0 Å². The molecule has 0 amide bonds. The topological polar surface area (TPSA) is 60.2 Å². The van der Waals surface area contributed by atoms with Crippen molar-refractivity contribution in [3.63, 3.8) is 0 Å². The van der Waals surface area contributed by atoms with Crippen molar-refractivity contribution in [3.8, 4) is 5.75 Å². The van der Waals surface area contributed by atoms with Crippen LogP contribution in [0.4, 0.5) is 5.82 Å². The predicted octanol–water partition coefficient (Wildman–Crippen LogP) is 3.19. The maximum absolute atomic E-state index is 5.63. The van der Waals surface area contributed by atoms with E-state index in [2.05, 4.69) is 10.3 Å². The highest BCUT2D eigenvalue weighted by molar-refractivity contribution is 5.43. The molecule has 1 aromatic rings. The van der Waals surface area contributed by atoms with E-state index in [1.54, 1.807) is 13.2 Å². The molecule has 3 N–H and O–H groups in total. The minimum Gasteiger partial charge on any atom is -0.496 e. The lowest BCUT2D eigenvalue weighted by molar-refractivity contribution is 0.391. The summed E-state index contributed by atoms with van der Waals surface area (Å²) in [5.74, 6) is 1.94. The van der Waals surface area contributed by atoms with Gasteiger partial charge in [0.2, 0.25) is 0 Å². The third-order valence-electron chi connectivity index (χ3n) is 2.92. The van der Waals surface area contributed by atoms with E-state index in [-0.39, 0.29) is 0 Å². The minimum atomic E-state index is 0.518. The number of ether oxygens (including phenoxy) is 1. The Balaban J connectivity index is 0.000000741. The van der Waals surface area contributed by atoms with Gasteiger partial charge in [-0.1, -0.05) is 27.7 Å². The predicted molar refractivity (Wildman–Crippen MR) is 82.7 cm³/mol. The molecule has 0 saturated carbocycles. The zero-order chi connectivity index (χ0) is 14.7. The summed E-state index contributed by atoms with van der Waals surface area (Å²) in [6.45, 7) is 10.1. The number of methoxy groups -OCH3 is 1. The van der Waals surface area contributed by atoms with Gasteiger partial charge < -0.3 is 15.8 Å². The van der Waals surface area contributed by atoms with Crippen LogP contribution in [0, 0.1) is 0 Å². The average molecular weight is 267 g/mol. The summed E-state index contributed by atoms with van der Waals surface area (Å²) in [5.41, 5.74) is 6.82. The van der Waals surface area contributed by atoms with Crippen molar-refractivity contribution in [1.82, 2.24) is 10.3 Å². The van der Waals surface area contributed by atoms with Gasteiger partial charge in [0.25, 0.3) is 0 Å². The Labute approximate surface area is 117 Å². The molecule has 4 heteroatoms. The molecule has 0 unspecified atom stereocenters. The molecule has 1 aliphatic rings. The Morgan fingerprint density at radius 3 is 2.32 bits per heavy atom. The molecule has 1 aromatic heterocycles. The van der Waals surface area contributed by atoms with Crippen LogP contribution in [0.3, 0.4) is 0 Å². The monoisotopic (exact) mass is 267 g/mol. The number of nitrogens with two attached hydrogens (primary N) is 1. The van der Waals surface area contributed by atoms with Crippen molar-refractivity contribution in [2.24, 2.45) is 0 Å². The molecule has 0 spiro atoms. The number of anilines is 1. The van der Waals surface area contributed by atoms with Crippen LogP contribution in [-0.4, -0.2) is 25.2 Å². The molecule has 0 bridgehead atoms. The summed E-state index contributed by atoms with van der Waals surface area (Å²) in [6.07, 6.45) is 4.13. The number of pyridine rings is 1.